The van der Waals surface area contributed by atoms with Crippen LogP contribution in [-0.2, 0) is 0 Å². The number of nitrogens with one attached hydrogen (secondary N) is 1. The van der Waals surface area contributed by atoms with Gasteiger partial charge in [0.1, 0.15) is 5.82 Å². The second-order valence-electron chi connectivity index (χ2n) is 7.12. The number of para-hydroxylation sites is 2. The number of anilines is 1. The lowest BCUT2D eigenvalue weighted by Gasteiger charge is -2.33. The topological polar surface area (TPSA) is 73.0 Å². The van der Waals surface area contributed by atoms with Gasteiger partial charge in [0.05, 0.1) is 28.0 Å². The first-order chi connectivity index (χ1) is 14.1. The number of nitrogens with zero attached hydrogens (tertiary/aromatic N) is 3. The van der Waals surface area contributed by atoms with Gasteiger partial charge in [-0.05, 0) is 30.2 Å². The molecule has 144 valence electrons. The first-order valence-corrected chi connectivity index (χ1v) is 9.34. The van der Waals surface area contributed by atoms with Gasteiger partial charge in [0.25, 0.3) is 5.69 Å². The molecule has 0 aliphatic carbocycles. The molecule has 0 unspecified atom stereocenters. The summed E-state index contributed by atoms with van der Waals surface area (Å²) in [5, 5.41) is 14.6. The van der Waals surface area contributed by atoms with Crippen LogP contribution in [0.5, 0.6) is 0 Å². The highest BCUT2D eigenvalue weighted by molar-refractivity contribution is 5.79. The van der Waals surface area contributed by atoms with Gasteiger partial charge in [-0.15, -0.1) is 0 Å². The zero-order valence-electron chi connectivity index (χ0n) is 15.3. The van der Waals surface area contributed by atoms with Crippen molar-refractivity contribution in [2.45, 2.75) is 18.5 Å². The summed E-state index contributed by atoms with van der Waals surface area (Å²) in [4.78, 5) is 15.5. The molecule has 0 bridgehead atoms. The van der Waals surface area contributed by atoms with Crippen LogP contribution in [-0.4, -0.2) is 14.5 Å². The number of fused-ring (bicyclic) bond motifs is 3. The van der Waals surface area contributed by atoms with Crippen molar-refractivity contribution >= 4 is 22.7 Å². The number of benzene rings is 3. The standard InChI is InChI=1S/C22H17FN4O2/c23-17-9-2-1-8-16(17)21-13-19(14-6-5-7-15(12-14)27(28)29)25-22-24-18-10-3-4-11-20(18)26(21)22/h1-12,19,21H,13H2,(H,24,25)/t19-,21-/m1/s1. The quantitative estimate of drug-likeness (QED) is 0.385. The van der Waals surface area contributed by atoms with Crippen molar-refractivity contribution in [1.82, 2.24) is 9.55 Å². The Balaban J connectivity index is 1.67. The molecule has 1 aliphatic rings. The first kappa shape index (κ1) is 17.4. The van der Waals surface area contributed by atoms with E-state index in [0.717, 1.165) is 16.6 Å². The molecule has 2 atom stereocenters. The van der Waals surface area contributed by atoms with Gasteiger partial charge in [-0.3, -0.25) is 10.1 Å². The summed E-state index contributed by atoms with van der Waals surface area (Å²) < 4.78 is 16.7. The van der Waals surface area contributed by atoms with Gasteiger partial charge in [-0.2, -0.15) is 0 Å². The van der Waals surface area contributed by atoms with Crippen LogP contribution < -0.4 is 5.32 Å². The minimum atomic E-state index is -0.407. The van der Waals surface area contributed by atoms with Crippen LogP contribution >= 0.6 is 0 Å². The maximum Gasteiger partial charge on any atom is 0.269 e. The summed E-state index contributed by atoms with van der Waals surface area (Å²) >= 11 is 0. The molecule has 7 heteroatoms. The first-order valence-electron chi connectivity index (χ1n) is 9.34. The number of aromatic nitrogens is 2. The number of rotatable bonds is 3. The number of nitro benzene ring substituents is 1. The molecule has 6 nitrogen and oxygen atoms in total. The van der Waals surface area contributed by atoms with E-state index >= 15 is 0 Å². The minimum absolute atomic E-state index is 0.0332. The predicted molar refractivity (Wildman–Crippen MR) is 108 cm³/mol. The van der Waals surface area contributed by atoms with Gasteiger partial charge in [0, 0.05) is 17.7 Å². The molecule has 29 heavy (non-hydrogen) atoms. The predicted octanol–water partition coefficient (Wildman–Crippen LogP) is 5.23. The summed E-state index contributed by atoms with van der Waals surface area (Å²) in [6, 6.07) is 20.5. The van der Waals surface area contributed by atoms with Crippen LogP contribution in [0.1, 0.15) is 29.6 Å². The maximum absolute atomic E-state index is 14.7. The lowest BCUT2D eigenvalue weighted by atomic mass is 9.92. The van der Waals surface area contributed by atoms with Crippen LogP contribution in [0.15, 0.2) is 72.8 Å². The average molecular weight is 388 g/mol. The lowest BCUT2D eigenvalue weighted by Crippen LogP contribution is -2.27. The minimum Gasteiger partial charge on any atom is -0.349 e. The van der Waals surface area contributed by atoms with Gasteiger partial charge in [0.15, 0.2) is 0 Å². The Kier molecular flexibility index (Phi) is 4.01. The Morgan fingerprint density at radius 2 is 1.86 bits per heavy atom. The fourth-order valence-electron chi connectivity index (χ4n) is 4.09. The van der Waals surface area contributed by atoms with E-state index in [9.17, 15) is 14.5 Å². The summed E-state index contributed by atoms with van der Waals surface area (Å²) in [5.41, 5.74) is 3.12. The summed E-state index contributed by atoms with van der Waals surface area (Å²) in [5.74, 6) is 0.350. The van der Waals surface area contributed by atoms with Crippen molar-refractivity contribution < 1.29 is 9.31 Å². The van der Waals surface area contributed by atoms with E-state index in [1.807, 2.05) is 41.0 Å². The highest BCUT2D eigenvalue weighted by Crippen LogP contribution is 2.42. The summed E-state index contributed by atoms with van der Waals surface area (Å²) in [6.07, 6.45) is 0.537. The van der Waals surface area contributed by atoms with Crippen molar-refractivity contribution in [3.05, 3.63) is 99.9 Å². The van der Waals surface area contributed by atoms with E-state index in [0.29, 0.717) is 17.9 Å². The van der Waals surface area contributed by atoms with E-state index in [1.54, 1.807) is 24.3 Å². The van der Waals surface area contributed by atoms with Gasteiger partial charge < -0.3 is 9.88 Å². The smallest absolute Gasteiger partial charge is 0.269 e. The van der Waals surface area contributed by atoms with Crippen molar-refractivity contribution in [3.8, 4) is 0 Å². The molecular weight excluding hydrogens is 371 g/mol. The second-order valence-corrected chi connectivity index (χ2v) is 7.12. The number of hydrogen-bond donors (Lipinski definition) is 1. The fraction of sp³-hybridized carbons (Fsp3) is 0.136. The van der Waals surface area contributed by atoms with E-state index < -0.39 is 4.92 Å². The highest BCUT2D eigenvalue weighted by atomic mass is 19.1. The number of nitro groups is 1. The van der Waals surface area contributed by atoms with E-state index in [2.05, 4.69) is 10.3 Å². The zero-order chi connectivity index (χ0) is 20.0. The molecule has 0 saturated carbocycles. The molecule has 0 radical (unpaired) electrons. The van der Waals surface area contributed by atoms with Gasteiger partial charge in [0.2, 0.25) is 5.95 Å². The Labute approximate surface area is 165 Å². The lowest BCUT2D eigenvalue weighted by molar-refractivity contribution is -0.384. The molecule has 2 heterocycles. The van der Waals surface area contributed by atoms with Crippen molar-refractivity contribution in [2.24, 2.45) is 0 Å². The number of halogens is 1. The summed E-state index contributed by atoms with van der Waals surface area (Å²) in [7, 11) is 0. The van der Waals surface area contributed by atoms with Gasteiger partial charge >= 0.3 is 0 Å². The monoisotopic (exact) mass is 388 g/mol. The third kappa shape index (κ3) is 2.91. The molecule has 0 amide bonds. The van der Waals surface area contributed by atoms with Gasteiger partial charge in [-0.25, -0.2) is 9.37 Å². The fourth-order valence-corrected chi connectivity index (χ4v) is 4.09. The SMILES string of the molecule is O=[N+]([O-])c1cccc([C@H]2C[C@H](c3ccccc3F)n3c(nc4ccccc43)N2)c1. The molecule has 0 saturated heterocycles. The normalized spacial score (nSPS) is 18.2. The molecule has 5 rings (SSSR count). The second kappa shape index (κ2) is 6.70. The van der Waals surface area contributed by atoms with Crippen molar-refractivity contribution in [3.63, 3.8) is 0 Å². The molecule has 1 N–H and O–H groups in total. The van der Waals surface area contributed by atoms with Crippen LogP contribution in [0.2, 0.25) is 0 Å². The van der Waals surface area contributed by atoms with E-state index in [-0.39, 0.29) is 23.6 Å². The largest absolute Gasteiger partial charge is 0.349 e. The number of imidazole rings is 1. The molecule has 3 aromatic carbocycles. The molecule has 4 aromatic rings. The van der Waals surface area contributed by atoms with Gasteiger partial charge in [-0.1, -0.05) is 42.5 Å². The van der Waals surface area contributed by atoms with Crippen molar-refractivity contribution in [1.29, 1.82) is 0 Å². The van der Waals surface area contributed by atoms with Crippen LogP contribution in [0, 0.1) is 15.9 Å². The molecule has 0 fully saturated rings. The number of non-ortho nitro benzene ring substituents is 1. The third-order valence-electron chi connectivity index (χ3n) is 5.42. The van der Waals surface area contributed by atoms with E-state index in [4.69, 9.17) is 0 Å². The molecular formula is C22H17FN4O2. The van der Waals surface area contributed by atoms with E-state index in [1.165, 1.54) is 12.1 Å². The Bertz CT molecular complexity index is 1240. The maximum atomic E-state index is 14.7. The summed E-state index contributed by atoms with van der Waals surface area (Å²) in [6.45, 7) is 0. The third-order valence-corrected chi connectivity index (χ3v) is 5.42. The Morgan fingerprint density at radius 1 is 1.07 bits per heavy atom. The molecule has 0 spiro atoms. The Hall–Kier alpha value is -3.74. The molecule has 1 aliphatic heterocycles. The highest BCUT2D eigenvalue weighted by Gasteiger charge is 2.32. The zero-order valence-corrected chi connectivity index (χ0v) is 15.3. The van der Waals surface area contributed by atoms with Crippen molar-refractivity contribution in [2.75, 3.05) is 5.32 Å². The van der Waals surface area contributed by atoms with Crippen LogP contribution in [0.3, 0.4) is 0 Å². The average Bonchev–Trinajstić information content (AvgIpc) is 3.12. The molecule has 1 aromatic heterocycles. The van der Waals surface area contributed by atoms with Crippen LogP contribution in [0.25, 0.3) is 11.0 Å². The van der Waals surface area contributed by atoms with Crippen LogP contribution in [0.4, 0.5) is 16.0 Å². The Morgan fingerprint density at radius 3 is 2.69 bits per heavy atom. The number of hydrogen-bond acceptors (Lipinski definition) is 4.